The summed E-state index contributed by atoms with van der Waals surface area (Å²) in [5.74, 6) is -0.420. The van der Waals surface area contributed by atoms with E-state index in [1.54, 1.807) is 6.07 Å². The van der Waals surface area contributed by atoms with E-state index < -0.39 is 5.82 Å². The normalized spacial score (nSPS) is 10.3. The maximum Gasteiger partial charge on any atom is 0.271 e. The summed E-state index contributed by atoms with van der Waals surface area (Å²) in [4.78, 5) is 21.8. The number of carbonyl (C=O) groups is 1. The van der Waals surface area contributed by atoms with Crippen molar-refractivity contribution < 1.29 is 9.18 Å². The summed E-state index contributed by atoms with van der Waals surface area (Å²) in [5, 5.41) is 2.73. The third-order valence-electron chi connectivity index (χ3n) is 2.14. The minimum atomic E-state index is -0.420. The van der Waals surface area contributed by atoms with Gasteiger partial charge in [-0.15, -0.1) is 0 Å². The van der Waals surface area contributed by atoms with Crippen LogP contribution in [0, 0.1) is 5.82 Å². The number of aromatic nitrogens is 2. The molecular weight excluding hydrogens is 211 g/mol. The summed E-state index contributed by atoms with van der Waals surface area (Å²) >= 11 is 0. The van der Waals surface area contributed by atoms with Gasteiger partial charge in [0.1, 0.15) is 12.1 Å². The molecule has 1 aromatic heterocycles. The van der Waals surface area contributed by atoms with Crippen molar-refractivity contribution in [2.24, 2.45) is 0 Å². The van der Waals surface area contributed by atoms with Crippen LogP contribution in [0.1, 0.15) is 5.69 Å². The Bertz CT molecular complexity index is 571. The van der Waals surface area contributed by atoms with E-state index in [1.165, 1.54) is 28.9 Å². The minimum Gasteiger partial charge on any atom is -0.303 e. The minimum absolute atomic E-state index is 0.136. The molecule has 0 amide bonds. The number of hydrogen-bond acceptors (Lipinski definition) is 2. The Morgan fingerprint density at radius 1 is 1.38 bits per heavy atom. The summed E-state index contributed by atoms with van der Waals surface area (Å²) in [6.07, 6.45) is 0.832. The summed E-state index contributed by atoms with van der Waals surface area (Å²) < 4.78 is 14.2. The first-order chi connectivity index (χ1) is 7.70. The Balaban J connectivity index is 2.47. The predicted octanol–water partition coefficient (Wildman–Crippen LogP) is 1.05. The topological polar surface area (TPSA) is 54.9 Å². The van der Waals surface area contributed by atoms with Crippen LogP contribution >= 0.6 is 0 Å². The molecule has 0 unspecified atom stereocenters. The number of aromatic amines is 1. The number of hydrogen-bond donors (Lipinski definition) is 1. The molecule has 82 valence electrons. The number of H-pyrrole nitrogens is 1. The van der Waals surface area contributed by atoms with Crippen LogP contribution in [0.4, 0.5) is 4.39 Å². The molecular formula is C11H9FN2O2. The van der Waals surface area contributed by atoms with E-state index >= 15 is 0 Å². The highest BCUT2D eigenvalue weighted by Crippen LogP contribution is 2.06. The Kier molecular flexibility index (Phi) is 2.68. The Morgan fingerprint density at radius 3 is 2.88 bits per heavy atom. The number of carbonyl (C=O) groups excluding carboxylic acids is 1. The summed E-state index contributed by atoms with van der Waals surface area (Å²) in [7, 11) is 0. The first-order valence-electron chi connectivity index (χ1n) is 4.71. The van der Waals surface area contributed by atoms with E-state index in [1.807, 2.05) is 0 Å². The molecule has 4 nitrogen and oxygen atoms in total. The van der Waals surface area contributed by atoms with Crippen LogP contribution in [0.15, 0.2) is 35.1 Å². The van der Waals surface area contributed by atoms with Gasteiger partial charge in [-0.3, -0.25) is 9.89 Å². The molecule has 5 heteroatoms. The number of nitrogens with one attached hydrogen (secondary N) is 1. The average Bonchev–Trinajstić information content (AvgIpc) is 2.60. The molecule has 0 saturated carbocycles. The largest absolute Gasteiger partial charge is 0.303 e. The van der Waals surface area contributed by atoms with Crippen molar-refractivity contribution in [3.05, 3.63) is 52.2 Å². The summed E-state index contributed by atoms with van der Waals surface area (Å²) in [6.45, 7) is 0. The predicted molar refractivity (Wildman–Crippen MR) is 56.1 cm³/mol. The van der Waals surface area contributed by atoms with Gasteiger partial charge in [0.2, 0.25) is 0 Å². The molecule has 2 rings (SSSR count). The van der Waals surface area contributed by atoms with Crippen molar-refractivity contribution in [3.8, 4) is 5.69 Å². The number of aldehydes is 1. The smallest absolute Gasteiger partial charge is 0.271 e. The molecule has 0 saturated heterocycles. The van der Waals surface area contributed by atoms with Crippen LogP contribution in [0.5, 0.6) is 0 Å². The maximum absolute atomic E-state index is 13.0. The van der Waals surface area contributed by atoms with E-state index in [9.17, 15) is 14.0 Å². The number of rotatable bonds is 3. The van der Waals surface area contributed by atoms with Crippen molar-refractivity contribution in [1.29, 1.82) is 0 Å². The number of nitrogens with zero attached hydrogens (tertiary/aromatic N) is 1. The van der Waals surface area contributed by atoms with Crippen molar-refractivity contribution >= 4 is 6.29 Å². The van der Waals surface area contributed by atoms with E-state index in [2.05, 4.69) is 5.10 Å². The van der Waals surface area contributed by atoms with Crippen LogP contribution in [0.3, 0.4) is 0 Å². The molecule has 0 radical (unpaired) electrons. The van der Waals surface area contributed by atoms with Gasteiger partial charge in [0.15, 0.2) is 0 Å². The second-order valence-electron chi connectivity index (χ2n) is 3.31. The molecule has 0 bridgehead atoms. The van der Waals surface area contributed by atoms with Crippen LogP contribution in [-0.2, 0) is 11.2 Å². The van der Waals surface area contributed by atoms with Crippen LogP contribution in [-0.4, -0.2) is 16.1 Å². The van der Waals surface area contributed by atoms with Crippen LogP contribution < -0.4 is 5.56 Å². The second kappa shape index (κ2) is 4.14. The van der Waals surface area contributed by atoms with Gasteiger partial charge in [-0.25, -0.2) is 9.07 Å². The quantitative estimate of drug-likeness (QED) is 0.786. The molecule has 1 heterocycles. The number of benzene rings is 1. The highest BCUT2D eigenvalue weighted by molar-refractivity contribution is 5.53. The van der Waals surface area contributed by atoms with Crippen molar-refractivity contribution in [3.63, 3.8) is 0 Å². The molecule has 0 atom stereocenters. The van der Waals surface area contributed by atoms with E-state index in [0.717, 1.165) is 0 Å². The van der Waals surface area contributed by atoms with E-state index in [0.29, 0.717) is 17.7 Å². The van der Waals surface area contributed by atoms with Gasteiger partial charge in [-0.1, -0.05) is 6.07 Å². The van der Waals surface area contributed by atoms with Crippen molar-refractivity contribution in [2.75, 3.05) is 0 Å². The van der Waals surface area contributed by atoms with Gasteiger partial charge in [0.05, 0.1) is 5.69 Å². The lowest BCUT2D eigenvalue weighted by atomic mass is 10.3. The van der Waals surface area contributed by atoms with Gasteiger partial charge in [0.25, 0.3) is 5.56 Å². The monoisotopic (exact) mass is 220 g/mol. The maximum atomic E-state index is 13.0. The zero-order valence-electron chi connectivity index (χ0n) is 8.31. The molecule has 1 N–H and O–H groups in total. The molecule has 1 aromatic carbocycles. The van der Waals surface area contributed by atoms with Gasteiger partial charge >= 0.3 is 0 Å². The Hall–Kier alpha value is -2.17. The zero-order chi connectivity index (χ0) is 11.5. The van der Waals surface area contributed by atoms with Crippen molar-refractivity contribution in [1.82, 2.24) is 9.78 Å². The summed E-state index contributed by atoms with van der Waals surface area (Å²) in [6, 6.07) is 6.97. The van der Waals surface area contributed by atoms with E-state index in [-0.39, 0.29) is 12.0 Å². The third-order valence-corrected chi connectivity index (χ3v) is 2.14. The standard InChI is InChI=1S/C11H9FN2O2/c12-8-2-1-3-10(6-8)14-11(16)7-9(13-14)4-5-15/h1-3,5-7,13H,4H2. The highest BCUT2D eigenvalue weighted by Gasteiger charge is 2.05. The molecule has 0 spiro atoms. The fourth-order valence-electron chi connectivity index (χ4n) is 1.45. The lowest BCUT2D eigenvalue weighted by Crippen LogP contribution is -2.13. The Labute approximate surface area is 90.3 Å². The SMILES string of the molecule is O=CCc1cc(=O)n(-c2cccc(F)c2)[nH]1. The molecule has 2 aromatic rings. The summed E-state index contributed by atoms with van der Waals surface area (Å²) in [5.41, 5.74) is 0.592. The number of halogens is 1. The lowest BCUT2D eigenvalue weighted by molar-refractivity contribution is -0.107. The second-order valence-corrected chi connectivity index (χ2v) is 3.31. The molecule has 0 aliphatic heterocycles. The molecule has 16 heavy (non-hydrogen) atoms. The van der Waals surface area contributed by atoms with E-state index in [4.69, 9.17) is 0 Å². The fourth-order valence-corrected chi connectivity index (χ4v) is 1.45. The first-order valence-corrected chi connectivity index (χ1v) is 4.71. The van der Waals surface area contributed by atoms with Crippen LogP contribution in [0.25, 0.3) is 5.69 Å². The van der Waals surface area contributed by atoms with Gasteiger partial charge < -0.3 is 4.79 Å². The average molecular weight is 220 g/mol. The Morgan fingerprint density at radius 2 is 2.19 bits per heavy atom. The molecule has 0 aliphatic rings. The highest BCUT2D eigenvalue weighted by atomic mass is 19.1. The first kappa shape index (κ1) is 10.4. The fraction of sp³-hybridized carbons (Fsp3) is 0.0909. The third kappa shape index (κ3) is 1.93. The van der Waals surface area contributed by atoms with Gasteiger partial charge in [0, 0.05) is 18.2 Å². The van der Waals surface area contributed by atoms with Crippen LogP contribution in [0.2, 0.25) is 0 Å². The van der Waals surface area contributed by atoms with Gasteiger partial charge in [-0.2, -0.15) is 0 Å². The molecule has 0 aliphatic carbocycles. The van der Waals surface area contributed by atoms with Crippen molar-refractivity contribution in [2.45, 2.75) is 6.42 Å². The lowest BCUT2D eigenvalue weighted by Gasteiger charge is -2.01. The zero-order valence-corrected chi connectivity index (χ0v) is 8.31. The van der Waals surface area contributed by atoms with Gasteiger partial charge in [-0.05, 0) is 18.2 Å². The molecule has 0 fully saturated rings.